The molecule has 5 heteroatoms. The van der Waals surface area contributed by atoms with Crippen molar-refractivity contribution in [3.05, 3.63) is 29.3 Å². The first-order chi connectivity index (χ1) is 9.66. The summed E-state index contributed by atoms with van der Waals surface area (Å²) >= 11 is 5.81. The number of nitrogens with zero attached hydrogens (tertiary/aromatic N) is 1. The summed E-state index contributed by atoms with van der Waals surface area (Å²) < 4.78 is 5.61. The fourth-order valence-corrected chi connectivity index (χ4v) is 2.44. The second kappa shape index (κ2) is 7.50. The van der Waals surface area contributed by atoms with Gasteiger partial charge in [0.25, 0.3) is 0 Å². The third-order valence-electron chi connectivity index (χ3n) is 3.51. The molecule has 1 atom stereocenters. The Morgan fingerprint density at radius 2 is 2.20 bits per heavy atom. The number of rotatable bonds is 6. The molecule has 0 bridgehead atoms. The van der Waals surface area contributed by atoms with Crippen LogP contribution in [0.15, 0.2) is 24.3 Å². The van der Waals surface area contributed by atoms with E-state index in [4.69, 9.17) is 16.3 Å². The minimum absolute atomic E-state index is 0.150. The quantitative estimate of drug-likeness (QED) is 0.818. The van der Waals surface area contributed by atoms with Gasteiger partial charge in [-0.2, -0.15) is 0 Å². The van der Waals surface area contributed by atoms with Gasteiger partial charge in [0.15, 0.2) is 0 Å². The number of hydrogen-bond acceptors (Lipinski definition) is 3. The average molecular weight is 297 g/mol. The van der Waals surface area contributed by atoms with Gasteiger partial charge in [0, 0.05) is 25.2 Å². The van der Waals surface area contributed by atoms with Crippen LogP contribution in [-0.4, -0.2) is 44.1 Å². The van der Waals surface area contributed by atoms with E-state index in [-0.39, 0.29) is 11.8 Å². The molecule has 0 aliphatic carbocycles. The number of hydrogen-bond donors (Lipinski definition) is 1. The summed E-state index contributed by atoms with van der Waals surface area (Å²) in [5.41, 5.74) is 0. The van der Waals surface area contributed by atoms with Crippen molar-refractivity contribution in [3.63, 3.8) is 0 Å². The Hall–Kier alpha value is -1.26. The number of ether oxygens (including phenoxy) is 1. The summed E-state index contributed by atoms with van der Waals surface area (Å²) in [5, 5.41) is 3.92. The van der Waals surface area contributed by atoms with Crippen LogP contribution >= 0.6 is 11.6 Å². The van der Waals surface area contributed by atoms with Crippen LogP contribution in [0.4, 0.5) is 0 Å². The van der Waals surface area contributed by atoms with Gasteiger partial charge in [-0.1, -0.05) is 11.6 Å². The molecule has 1 aliphatic rings. The Labute approximate surface area is 125 Å². The van der Waals surface area contributed by atoms with Gasteiger partial charge in [-0.05, 0) is 43.7 Å². The molecule has 1 amide bonds. The Morgan fingerprint density at radius 1 is 1.45 bits per heavy atom. The van der Waals surface area contributed by atoms with Crippen molar-refractivity contribution in [2.75, 3.05) is 33.3 Å². The lowest BCUT2D eigenvalue weighted by Crippen LogP contribution is -2.35. The summed E-state index contributed by atoms with van der Waals surface area (Å²) in [6, 6.07) is 7.31. The van der Waals surface area contributed by atoms with E-state index >= 15 is 0 Å². The maximum Gasteiger partial charge on any atom is 0.226 e. The third-order valence-corrected chi connectivity index (χ3v) is 3.76. The first kappa shape index (κ1) is 15.1. The summed E-state index contributed by atoms with van der Waals surface area (Å²) in [7, 11) is 1.86. The van der Waals surface area contributed by atoms with Gasteiger partial charge in [-0.25, -0.2) is 0 Å². The number of amides is 1. The van der Waals surface area contributed by atoms with Crippen molar-refractivity contribution >= 4 is 17.5 Å². The largest absolute Gasteiger partial charge is 0.494 e. The van der Waals surface area contributed by atoms with Gasteiger partial charge >= 0.3 is 0 Å². The van der Waals surface area contributed by atoms with E-state index in [1.54, 1.807) is 12.1 Å². The monoisotopic (exact) mass is 296 g/mol. The molecule has 110 valence electrons. The molecule has 1 unspecified atom stereocenters. The van der Waals surface area contributed by atoms with E-state index in [1.165, 1.54) is 0 Å². The zero-order valence-electron chi connectivity index (χ0n) is 11.8. The molecule has 20 heavy (non-hydrogen) atoms. The molecule has 0 spiro atoms. The normalized spacial score (nSPS) is 18.0. The van der Waals surface area contributed by atoms with Crippen LogP contribution in [0.5, 0.6) is 5.75 Å². The molecule has 1 saturated heterocycles. The zero-order valence-corrected chi connectivity index (χ0v) is 12.5. The van der Waals surface area contributed by atoms with Crippen molar-refractivity contribution in [3.8, 4) is 5.75 Å². The summed E-state index contributed by atoms with van der Waals surface area (Å²) in [6.07, 6.45) is 1.77. The number of halogens is 1. The van der Waals surface area contributed by atoms with E-state index in [0.29, 0.717) is 11.6 Å². The molecule has 1 heterocycles. The van der Waals surface area contributed by atoms with Gasteiger partial charge in [0.1, 0.15) is 5.75 Å². The minimum atomic E-state index is 0.150. The van der Waals surface area contributed by atoms with E-state index < -0.39 is 0 Å². The highest BCUT2D eigenvalue weighted by Gasteiger charge is 2.24. The molecule has 0 saturated carbocycles. The van der Waals surface area contributed by atoms with E-state index in [9.17, 15) is 4.79 Å². The Balaban J connectivity index is 1.65. The van der Waals surface area contributed by atoms with Crippen LogP contribution in [0.2, 0.25) is 5.02 Å². The molecular formula is C15H21ClN2O2. The Kier molecular flexibility index (Phi) is 5.68. The smallest absolute Gasteiger partial charge is 0.226 e. The molecule has 1 aromatic rings. The summed E-state index contributed by atoms with van der Waals surface area (Å²) in [6.45, 7) is 3.08. The van der Waals surface area contributed by atoms with Gasteiger partial charge in [0.2, 0.25) is 5.91 Å². The topological polar surface area (TPSA) is 41.6 Å². The third kappa shape index (κ3) is 4.39. The highest BCUT2D eigenvalue weighted by molar-refractivity contribution is 6.30. The summed E-state index contributed by atoms with van der Waals surface area (Å²) in [5.74, 6) is 1.20. The minimum Gasteiger partial charge on any atom is -0.494 e. The lowest BCUT2D eigenvalue weighted by molar-refractivity contribution is -0.133. The van der Waals surface area contributed by atoms with Crippen LogP contribution < -0.4 is 10.1 Å². The van der Waals surface area contributed by atoms with Crippen molar-refractivity contribution in [1.82, 2.24) is 10.2 Å². The first-order valence-electron chi connectivity index (χ1n) is 7.01. The van der Waals surface area contributed by atoms with Crippen molar-refractivity contribution in [2.24, 2.45) is 5.92 Å². The highest BCUT2D eigenvalue weighted by Crippen LogP contribution is 2.16. The molecule has 1 N–H and O–H groups in total. The number of carbonyl (C=O) groups is 1. The van der Waals surface area contributed by atoms with E-state index in [2.05, 4.69) is 5.32 Å². The molecule has 1 aromatic carbocycles. The van der Waals surface area contributed by atoms with Crippen LogP contribution in [0.25, 0.3) is 0 Å². The van der Waals surface area contributed by atoms with Gasteiger partial charge in [-0.15, -0.1) is 0 Å². The first-order valence-corrected chi connectivity index (χ1v) is 7.38. The lowest BCUT2D eigenvalue weighted by atomic mass is 10.1. The van der Waals surface area contributed by atoms with E-state index in [0.717, 1.165) is 38.2 Å². The van der Waals surface area contributed by atoms with Crippen molar-refractivity contribution in [1.29, 1.82) is 0 Å². The summed E-state index contributed by atoms with van der Waals surface area (Å²) in [4.78, 5) is 13.9. The molecular weight excluding hydrogens is 276 g/mol. The second-order valence-electron chi connectivity index (χ2n) is 5.11. The van der Waals surface area contributed by atoms with Crippen molar-refractivity contribution < 1.29 is 9.53 Å². The lowest BCUT2D eigenvalue weighted by Gasteiger charge is -2.20. The predicted molar refractivity (Wildman–Crippen MR) is 80.2 cm³/mol. The van der Waals surface area contributed by atoms with Crippen LogP contribution in [0.3, 0.4) is 0 Å². The number of carbonyl (C=O) groups excluding carboxylic acids is 1. The standard InChI is InChI=1S/C15H21ClN2O2/c1-18(15(19)12-7-8-17-11-12)9-2-10-20-14-5-3-13(16)4-6-14/h3-6,12,17H,2,7-11H2,1H3. The van der Waals surface area contributed by atoms with Crippen LogP contribution in [0.1, 0.15) is 12.8 Å². The SMILES string of the molecule is CN(CCCOc1ccc(Cl)cc1)C(=O)C1CCNC1. The Morgan fingerprint density at radius 3 is 2.85 bits per heavy atom. The molecule has 2 rings (SSSR count). The maximum absolute atomic E-state index is 12.1. The fraction of sp³-hybridized carbons (Fsp3) is 0.533. The van der Waals surface area contributed by atoms with Crippen molar-refractivity contribution in [2.45, 2.75) is 12.8 Å². The molecule has 0 aromatic heterocycles. The van der Waals surface area contributed by atoms with Gasteiger partial charge < -0.3 is 15.0 Å². The zero-order chi connectivity index (χ0) is 14.4. The highest BCUT2D eigenvalue weighted by atomic mass is 35.5. The van der Waals surface area contributed by atoms with Gasteiger partial charge in [-0.3, -0.25) is 4.79 Å². The number of benzene rings is 1. The predicted octanol–water partition coefficient (Wildman–Crippen LogP) is 2.18. The fourth-order valence-electron chi connectivity index (χ4n) is 2.31. The molecule has 0 radical (unpaired) electrons. The average Bonchev–Trinajstić information content (AvgIpc) is 2.98. The van der Waals surface area contributed by atoms with Crippen LogP contribution in [0, 0.1) is 5.92 Å². The second-order valence-corrected chi connectivity index (χ2v) is 5.54. The van der Waals surface area contributed by atoms with Crippen LogP contribution in [-0.2, 0) is 4.79 Å². The van der Waals surface area contributed by atoms with Gasteiger partial charge in [0.05, 0.1) is 12.5 Å². The van der Waals surface area contributed by atoms with E-state index in [1.807, 2.05) is 24.1 Å². The maximum atomic E-state index is 12.1. The molecule has 1 aliphatic heterocycles. The molecule has 1 fully saturated rings. The molecule has 4 nitrogen and oxygen atoms in total. The number of nitrogens with one attached hydrogen (secondary N) is 1. The Bertz CT molecular complexity index is 430.